The van der Waals surface area contributed by atoms with Crippen LogP contribution in [0.25, 0.3) is 0 Å². The third kappa shape index (κ3) is 34.1. The molecule has 0 amide bonds. The van der Waals surface area contributed by atoms with Crippen molar-refractivity contribution in [1.82, 2.24) is 0 Å². The van der Waals surface area contributed by atoms with E-state index in [1.165, 1.54) is 104 Å². The minimum absolute atomic E-state index is 0.188. The quantitative estimate of drug-likeness (QED) is 0.0137. The van der Waals surface area contributed by atoms with Gasteiger partial charge in [-0.05, 0) is 129 Å². The summed E-state index contributed by atoms with van der Waals surface area (Å²) in [6.07, 6.45) is -8.00. The molecule has 0 bridgehead atoms. The van der Waals surface area contributed by atoms with Crippen molar-refractivity contribution in [3.05, 3.63) is 0 Å². The minimum atomic E-state index is -6.67. The lowest BCUT2D eigenvalue weighted by atomic mass is 9.90. The van der Waals surface area contributed by atoms with E-state index in [1.807, 2.05) is 0 Å². The van der Waals surface area contributed by atoms with Gasteiger partial charge in [0, 0.05) is 26.7 Å². The van der Waals surface area contributed by atoms with Crippen LogP contribution in [0.3, 0.4) is 0 Å². The van der Waals surface area contributed by atoms with E-state index in [-0.39, 0.29) is 25.9 Å². The molecule has 0 spiro atoms. The number of alkyl halides is 18. The van der Waals surface area contributed by atoms with E-state index in [9.17, 15) is 177 Å². The lowest BCUT2D eigenvalue weighted by Gasteiger charge is -2.34. The summed E-state index contributed by atoms with van der Waals surface area (Å²) in [4.78, 5) is 82.9. The summed E-state index contributed by atoms with van der Waals surface area (Å²) in [5, 5.41) is -28.2. The summed E-state index contributed by atoms with van der Waals surface area (Å²) in [7, 11) is -32.3. The third-order valence-electron chi connectivity index (χ3n) is 15.4. The van der Waals surface area contributed by atoms with Gasteiger partial charge in [-0.25, -0.2) is 51.7 Å². The van der Waals surface area contributed by atoms with Crippen molar-refractivity contribution < 1.29 is 225 Å². The van der Waals surface area contributed by atoms with Crippen LogP contribution in [0.4, 0.5) is 79.0 Å². The zero-order valence-electron chi connectivity index (χ0n) is 64.8. The van der Waals surface area contributed by atoms with E-state index < -0.39 is 239 Å². The van der Waals surface area contributed by atoms with Crippen LogP contribution < -0.4 is 0 Å². The molecule has 32 nitrogen and oxygen atoms in total. The Morgan fingerprint density at radius 2 is 0.544 bits per heavy atom. The van der Waals surface area contributed by atoms with E-state index in [0.717, 1.165) is 13.8 Å². The number of esters is 7. The van der Waals surface area contributed by atoms with Crippen molar-refractivity contribution in [2.24, 2.45) is 27.1 Å². The molecule has 0 aromatic carbocycles. The van der Waals surface area contributed by atoms with Crippen molar-refractivity contribution in [2.45, 2.75) is 258 Å². The molecule has 0 saturated heterocycles. The first kappa shape index (κ1) is 117. The van der Waals surface area contributed by atoms with E-state index in [1.54, 1.807) is 27.7 Å². The fraction of sp³-hybridized carbons (Fsp3) is 0.881. The zero-order valence-corrected chi connectivity index (χ0v) is 68.9. The van der Waals surface area contributed by atoms with Crippen LogP contribution in [-0.2, 0) is 132 Å². The molecule has 55 heteroatoms. The van der Waals surface area contributed by atoms with Crippen molar-refractivity contribution in [2.75, 3.05) is 46.2 Å². The van der Waals surface area contributed by atoms with Crippen molar-refractivity contribution in [3.8, 4) is 0 Å². The summed E-state index contributed by atoms with van der Waals surface area (Å²) >= 11 is 0. The molecule has 0 aromatic rings. The molecule has 0 aliphatic heterocycles. The molecule has 0 aromatic heterocycles. The van der Waals surface area contributed by atoms with Gasteiger partial charge in [-0.2, -0.15) is 79.0 Å². The number of hydrogen-bond acceptors (Lipinski definition) is 32. The smallest absolute Gasteiger partial charge is 0.433 e. The first-order valence-electron chi connectivity index (χ1n) is 32.2. The van der Waals surface area contributed by atoms with Crippen LogP contribution >= 0.6 is 0 Å². The summed E-state index contributed by atoms with van der Waals surface area (Å²) in [6, 6.07) is 0. The minimum Gasteiger partial charge on any atom is -0.743 e. The summed E-state index contributed by atoms with van der Waals surface area (Å²) in [6.45, 7) is 21.2. The van der Waals surface area contributed by atoms with Gasteiger partial charge in [0.1, 0.15) is 12.2 Å². The Labute approximate surface area is 645 Å². The Kier molecular flexibility index (Phi) is 42.5. The van der Waals surface area contributed by atoms with Crippen molar-refractivity contribution in [1.29, 1.82) is 0 Å². The van der Waals surface area contributed by atoms with Gasteiger partial charge in [0.2, 0.25) is 0 Å². The van der Waals surface area contributed by atoms with E-state index >= 15 is 0 Å². The van der Waals surface area contributed by atoms with Gasteiger partial charge >= 0.3 is 104 Å². The largest absolute Gasteiger partial charge is 0.743 e. The number of carbonyl (C=O) groups excluding carboxylic acids is 7. The van der Waals surface area contributed by atoms with Gasteiger partial charge in [-0.3, -0.25) is 24.0 Å². The van der Waals surface area contributed by atoms with Crippen LogP contribution in [0.2, 0.25) is 0 Å². The molecule has 0 heterocycles. The van der Waals surface area contributed by atoms with Gasteiger partial charge in [-0.15, -0.1) is 0 Å². The molecule has 0 N–H and O–H groups in total. The molecule has 0 aliphatic carbocycles. The Morgan fingerprint density at radius 1 is 0.281 bits per heavy atom. The number of ether oxygens (including phenoxy) is 10. The third-order valence-corrected chi connectivity index (χ3v) is 19.8. The number of halogens is 18. The number of rotatable bonds is 40. The Balaban J connectivity index is -0.000000442. The van der Waals surface area contributed by atoms with E-state index in [0.29, 0.717) is 12.8 Å². The fourth-order valence-corrected chi connectivity index (χ4v) is 7.33. The molecule has 2 unspecified atom stereocenters. The molecule has 2 atom stereocenters. The summed E-state index contributed by atoms with van der Waals surface area (Å²) < 4.78 is 433. The van der Waals surface area contributed by atoms with Crippen molar-refractivity contribution >= 4 is 92.4 Å². The lowest BCUT2D eigenvalue weighted by Crippen LogP contribution is -2.51. The SMILES string of the molecule is CCC(C)(C)C(=O)OC(C)(OCCC(F)(F)C(F)(F)S(=O)(=O)[O-])C(=O)OC(C)(C)C.CCC(C)(C)C(=O)OCC(F)(F)C(F)(F)S(=O)(=O)[O-].CCC(C)(C)C(=O)OCC(F)(F)S(=O)(=O)[O-].CCC(C)(C)C(=O)OCCOC(F)(F)C(F)(F)S(=O)(=O)[O-].CCOC(=O)C(C)(OCCC(F)(F)C(F)(F)S(=O)(=O)[O-])OC(=O)C(C)(C)CC. The standard InChI is InChI=1S/C17H28F4O8S.C15H24F4O8S.C10H16F4O6S.C9H14F4O5S.C8H14F2O5S/c1-8-14(5,6)11(22)29-15(7,12(23)28-13(2,3)4)27-10-9-16(18,19)17(20,21)30(24,25)26;1-6-12(3,4)10(20)27-13(5,11(21)25-7-2)26-9-8-14(16,17)15(18,19)28(22,23)24;1-4-8(2,3)7(15)19-5-6-20-9(11,12)10(13,14)21(16,17)18;1-4-7(2,3)6(14)18-5-8(10,11)9(12,13)19(15,16)17;1-4-7(2,3)6(11)15-5-8(9,10)16(12,13)14/h8-10H2,1-7H3,(H,24,25,26);6-9H2,1-5H3,(H,22,23,24);4-6H2,1-3H3,(H,16,17,18);4-5H2,1-3H3,(H,15,16,17);4-5H2,1-3H3,(H,12,13,14)/p-5. The second-order valence-electron chi connectivity index (χ2n) is 28.0. The lowest BCUT2D eigenvalue weighted by molar-refractivity contribution is -0.320. The molecule has 680 valence electrons. The maximum Gasteiger partial charge on any atom is 0.433 e. The summed E-state index contributed by atoms with van der Waals surface area (Å²) in [5.74, 6) is -28.5. The Morgan fingerprint density at radius 3 is 0.807 bits per heavy atom. The van der Waals surface area contributed by atoms with Gasteiger partial charge < -0.3 is 70.1 Å². The van der Waals surface area contributed by atoms with Crippen LogP contribution in [0.1, 0.15) is 190 Å². The van der Waals surface area contributed by atoms with Crippen LogP contribution in [0.5, 0.6) is 0 Å². The van der Waals surface area contributed by atoms with Gasteiger partial charge in [0.15, 0.2) is 63.8 Å². The van der Waals surface area contributed by atoms with Gasteiger partial charge in [-0.1, -0.05) is 34.6 Å². The second kappa shape index (κ2) is 41.4. The highest BCUT2D eigenvalue weighted by atomic mass is 32.2. The average Bonchev–Trinajstić information content (AvgIpc) is 0.788. The van der Waals surface area contributed by atoms with E-state index in [2.05, 4.69) is 23.7 Å². The topological polar surface area (TPSA) is 498 Å². The Bertz CT molecular complexity index is 3810. The highest BCUT2D eigenvalue weighted by Gasteiger charge is 2.66. The van der Waals surface area contributed by atoms with Crippen LogP contribution in [-0.4, -0.2) is 220 Å². The fourth-order valence-electron chi connectivity index (χ4n) is 5.41. The highest BCUT2D eigenvalue weighted by molar-refractivity contribution is 7.87. The predicted octanol–water partition coefficient (Wildman–Crippen LogP) is 10.2. The van der Waals surface area contributed by atoms with E-state index in [4.69, 9.17) is 23.7 Å². The Hall–Kier alpha value is -5.54. The second-order valence-corrected chi connectivity index (χ2v) is 35.2. The molecular weight excluding hydrogens is 1720 g/mol. The molecular formula is C59H91F18O32S5-5. The molecule has 114 heavy (non-hydrogen) atoms. The molecule has 0 radical (unpaired) electrons. The van der Waals surface area contributed by atoms with Gasteiger partial charge in [0.05, 0.1) is 53.5 Å². The first-order chi connectivity index (χ1) is 49.7. The van der Waals surface area contributed by atoms with Gasteiger partial charge in [0.25, 0.3) is 0 Å². The molecule has 0 aliphatic rings. The van der Waals surface area contributed by atoms with Crippen LogP contribution in [0, 0.1) is 27.1 Å². The molecule has 0 saturated carbocycles. The number of carbonyl (C=O) groups is 7. The molecule has 0 fully saturated rings. The maximum atomic E-state index is 13.6. The zero-order chi connectivity index (χ0) is 93.0. The number of hydrogen-bond donors (Lipinski definition) is 0. The molecule has 0 rings (SSSR count). The highest BCUT2D eigenvalue weighted by Crippen LogP contribution is 2.45. The normalized spacial score (nSPS) is 14.9. The predicted molar refractivity (Wildman–Crippen MR) is 345 cm³/mol. The summed E-state index contributed by atoms with van der Waals surface area (Å²) in [5.41, 5.74) is -6.40. The monoisotopic (exact) mass is 1810 g/mol. The maximum absolute atomic E-state index is 13.6. The average molecular weight is 1810 g/mol. The van der Waals surface area contributed by atoms with Crippen molar-refractivity contribution in [3.63, 3.8) is 0 Å². The first-order valence-corrected chi connectivity index (χ1v) is 39.2. The van der Waals surface area contributed by atoms with Crippen LogP contribution in [0.15, 0.2) is 0 Å².